The minimum atomic E-state index is -0.325. The maximum absolute atomic E-state index is 16.4. The van der Waals surface area contributed by atoms with E-state index in [1.807, 2.05) is 29.3 Å². The summed E-state index contributed by atoms with van der Waals surface area (Å²) < 4.78 is 18.2. The summed E-state index contributed by atoms with van der Waals surface area (Å²) in [4.78, 5) is 35.4. The summed E-state index contributed by atoms with van der Waals surface area (Å²) in [5.74, 6) is -0.487. The lowest BCUT2D eigenvalue weighted by molar-refractivity contribution is -0.132. The Morgan fingerprint density at radius 3 is 2.53 bits per heavy atom. The number of piperidine rings is 1. The summed E-state index contributed by atoms with van der Waals surface area (Å²) in [6.07, 6.45) is 7.59. The van der Waals surface area contributed by atoms with Crippen LogP contribution >= 0.6 is 0 Å². The number of nitrogens with zero attached hydrogens (tertiary/aromatic N) is 5. The van der Waals surface area contributed by atoms with Crippen LogP contribution in [0, 0.1) is 5.82 Å². The number of carbonyl (C=O) groups excluding carboxylic acids is 2. The van der Waals surface area contributed by atoms with Crippen molar-refractivity contribution < 1.29 is 14.0 Å². The maximum Gasteiger partial charge on any atom is 0.270 e. The minimum Gasteiger partial charge on any atom is -0.372 e. The first-order chi connectivity index (χ1) is 21.0. The topological polar surface area (TPSA) is 77.5 Å². The zero-order chi connectivity index (χ0) is 29.9. The van der Waals surface area contributed by atoms with E-state index in [-0.39, 0.29) is 23.5 Å². The molecule has 2 aromatic carbocycles. The number of rotatable bonds is 10. The summed E-state index contributed by atoms with van der Waals surface area (Å²) in [7, 11) is 0. The van der Waals surface area contributed by atoms with E-state index in [1.54, 1.807) is 15.8 Å². The van der Waals surface area contributed by atoms with E-state index in [1.165, 1.54) is 0 Å². The molecule has 0 bridgehead atoms. The summed E-state index contributed by atoms with van der Waals surface area (Å²) >= 11 is 0. The summed E-state index contributed by atoms with van der Waals surface area (Å²) in [6.45, 7) is 9.39. The molecule has 1 atom stereocenters. The molecular formula is C34H41FN6O2. The van der Waals surface area contributed by atoms with Gasteiger partial charge >= 0.3 is 0 Å². The van der Waals surface area contributed by atoms with Gasteiger partial charge < -0.3 is 19.7 Å². The molecule has 2 aliphatic rings. The molecule has 1 N–H and O–H groups in total. The minimum absolute atomic E-state index is 0.0624. The van der Waals surface area contributed by atoms with E-state index in [4.69, 9.17) is 0 Å². The number of fused-ring (bicyclic) bond motifs is 1. The number of hydrogen-bond donors (Lipinski definition) is 1. The van der Waals surface area contributed by atoms with E-state index >= 15 is 4.39 Å². The summed E-state index contributed by atoms with van der Waals surface area (Å²) in [5, 5.41) is 4.91. The van der Waals surface area contributed by atoms with Crippen molar-refractivity contribution in [2.75, 3.05) is 44.2 Å². The van der Waals surface area contributed by atoms with Gasteiger partial charge in [-0.2, -0.15) is 5.10 Å². The molecule has 2 fully saturated rings. The third kappa shape index (κ3) is 5.90. The first kappa shape index (κ1) is 29.0. The number of aromatic nitrogens is 3. The normalized spacial score (nSPS) is 16.9. The quantitative estimate of drug-likeness (QED) is 0.246. The predicted molar refractivity (Wildman–Crippen MR) is 168 cm³/mol. The predicted octanol–water partition coefficient (Wildman–Crippen LogP) is 6.05. The highest BCUT2D eigenvalue weighted by atomic mass is 19.1. The highest BCUT2D eigenvalue weighted by molar-refractivity contribution is 6.03. The molecule has 0 radical (unpaired) electrons. The van der Waals surface area contributed by atoms with Gasteiger partial charge in [-0.15, -0.1) is 0 Å². The van der Waals surface area contributed by atoms with Crippen LogP contribution in [0.25, 0.3) is 22.0 Å². The standard InChI is InChI=1S/C34H41FN6O2/c1-3-15-38(4-2)26-11-9-24(10-12-26)27-21-28(32(35)33-29(27)22-30(37-33)34(43)39-17-7-18-39)25-8-5-16-40(23-25)31(42)13-20-41-19-6-14-36-41/h6,9-12,14,19,21-22,25,37H,3-5,7-8,13,15-18,20,23H2,1-2H3/t25-/m0/s1. The number of carbonyl (C=O) groups is 2. The van der Waals surface area contributed by atoms with Gasteiger partial charge in [-0.3, -0.25) is 14.3 Å². The number of halogens is 1. The lowest BCUT2D eigenvalue weighted by atomic mass is 9.87. The molecule has 2 amide bonds. The smallest absolute Gasteiger partial charge is 0.270 e. The molecule has 226 valence electrons. The average Bonchev–Trinajstić information content (AvgIpc) is 3.69. The Bertz CT molecular complexity index is 1570. The number of amides is 2. The van der Waals surface area contributed by atoms with Gasteiger partial charge in [0.25, 0.3) is 5.91 Å². The first-order valence-corrected chi connectivity index (χ1v) is 15.7. The monoisotopic (exact) mass is 584 g/mol. The van der Waals surface area contributed by atoms with Gasteiger partial charge in [-0.05, 0) is 79.6 Å². The van der Waals surface area contributed by atoms with E-state index in [2.05, 4.69) is 53.1 Å². The number of nitrogens with one attached hydrogen (secondary N) is 1. The van der Waals surface area contributed by atoms with Gasteiger partial charge in [0.15, 0.2) is 5.82 Å². The fourth-order valence-electron chi connectivity index (χ4n) is 6.47. The number of aryl methyl sites for hydroxylation is 1. The van der Waals surface area contributed by atoms with Crippen molar-refractivity contribution in [3.8, 4) is 11.1 Å². The molecule has 43 heavy (non-hydrogen) atoms. The van der Waals surface area contributed by atoms with E-state index in [0.29, 0.717) is 48.2 Å². The largest absolute Gasteiger partial charge is 0.372 e. The van der Waals surface area contributed by atoms with Crippen molar-refractivity contribution in [3.63, 3.8) is 0 Å². The number of aromatic amines is 1. The zero-order valence-electron chi connectivity index (χ0n) is 25.2. The van der Waals surface area contributed by atoms with Gasteiger partial charge in [0.2, 0.25) is 5.91 Å². The lowest BCUT2D eigenvalue weighted by Crippen LogP contribution is -2.42. The maximum atomic E-state index is 16.4. The molecule has 0 spiro atoms. The van der Waals surface area contributed by atoms with E-state index in [0.717, 1.165) is 68.7 Å². The average molecular weight is 585 g/mol. The molecule has 8 nitrogen and oxygen atoms in total. The van der Waals surface area contributed by atoms with Crippen molar-refractivity contribution in [2.24, 2.45) is 0 Å². The van der Waals surface area contributed by atoms with E-state index < -0.39 is 0 Å². The van der Waals surface area contributed by atoms with Crippen molar-refractivity contribution in [2.45, 2.75) is 58.4 Å². The molecule has 2 saturated heterocycles. The van der Waals surface area contributed by atoms with E-state index in [9.17, 15) is 9.59 Å². The molecular weight excluding hydrogens is 543 g/mol. The highest BCUT2D eigenvalue weighted by Crippen LogP contribution is 2.39. The van der Waals surface area contributed by atoms with Crippen LogP contribution in [-0.4, -0.2) is 75.6 Å². The van der Waals surface area contributed by atoms with Crippen LogP contribution in [0.3, 0.4) is 0 Å². The third-order valence-corrected chi connectivity index (χ3v) is 9.00. The summed E-state index contributed by atoms with van der Waals surface area (Å²) in [6, 6.07) is 14.1. The second-order valence-electron chi connectivity index (χ2n) is 11.8. The molecule has 0 aliphatic carbocycles. The van der Waals surface area contributed by atoms with Crippen LogP contribution in [0.1, 0.15) is 67.9 Å². The molecule has 4 aromatic rings. The third-order valence-electron chi connectivity index (χ3n) is 9.00. The van der Waals surface area contributed by atoms with Crippen LogP contribution < -0.4 is 4.90 Å². The molecule has 6 rings (SSSR count). The van der Waals surface area contributed by atoms with Gasteiger partial charge in [0.1, 0.15) is 5.69 Å². The number of anilines is 1. The number of benzene rings is 2. The number of H-pyrrole nitrogens is 1. The molecule has 4 heterocycles. The molecule has 0 unspecified atom stereocenters. The molecule has 0 saturated carbocycles. The van der Waals surface area contributed by atoms with Crippen molar-refractivity contribution in [1.82, 2.24) is 24.6 Å². The Hall–Kier alpha value is -4.14. The lowest BCUT2D eigenvalue weighted by Gasteiger charge is -2.33. The van der Waals surface area contributed by atoms with Crippen LogP contribution in [0.2, 0.25) is 0 Å². The fraction of sp³-hybridized carbons (Fsp3) is 0.441. The molecule has 2 aliphatic heterocycles. The van der Waals surface area contributed by atoms with Crippen LogP contribution in [-0.2, 0) is 11.3 Å². The van der Waals surface area contributed by atoms with Crippen LogP contribution in [0.4, 0.5) is 10.1 Å². The Kier molecular flexibility index (Phi) is 8.49. The Morgan fingerprint density at radius 1 is 1.07 bits per heavy atom. The first-order valence-electron chi connectivity index (χ1n) is 15.7. The van der Waals surface area contributed by atoms with Gasteiger partial charge in [-0.25, -0.2) is 4.39 Å². The molecule has 2 aromatic heterocycles. The second-order valence-corrected chi connectivity index (χ2v) is 11.8. The van der Waals surface area contributed by atoms with Crippen LogP contribution in [0.5, 0.6) is 0 Å². The fourth-order valence-corrected chi connectivity index (χ4v) is 6.47. The van der Waals surface area contributed by atoms with Crippen LogP contribution in [0.15, 0.2) is 54.9 Å². The zero-order valence-corrected chi connectivity index (χ0v) is 25.2. The number of hydrogen-bond acceptors (Lipinski definition) is 4. The van der Waals surface area contributed by atoms with Gasteiger partial charge in [0.05, 0.1) is 5.52 Å². The Balaban J connectivity index is 1.34. The van der Waals surface area contributed by atoms with Crippen molar-refractivity contribution in [3.05, 3.63) is 71.9 Å². The Labute approximate surface area is 252 Å². The van der Waals surface area contributed by atoms with Crippen molar-refractivity contribution in [1.29, 1.82) is 0 Å². The van der Waals surface area contributed by atoms with Gasteiger partial charge in [-0.1, -0.05) is 19.1 Å². The van der Waals surface area contributed by atoms with Gasteiger partial charge in [0, 0.05) is 81.6 Å². The Morgan fingerprint density at radius 2 is 1.86 bits per heavy atom. The molecule has 9 heteroatoms. The summed E-state index contributed by atoms with van der Waals surface area (Å²) in [5.41, 5.74) is 4.42. The van der Waals surface area contributed by atoms with Crippen molar-refractivity contribution >= 4 is 28.4 Å². The second kappa shape index (κ2) is 12.6. The highest BCUT2D eigenvalue weighted by Gasteiger charge is 2.30. The number of likely N-dealkylation sites (tertiary alicyclic amines) is 2. The SMILES string of the molecule is CCCN(CC)c1ccc(-c2cc([C@H]3CCCN(C(=O)CCn4cccn4)C3)c(F)c3[nH]c(C(=O)N4CCC4)cc23)cc1.